The number of ketones is 1. The number of carbonyl (C=O) groups is 2. The maximum Gasteiger partial charge on any atom is 0.342 e. The topological polar surface area (TPSA) is 79.7 Å². The lowest BCUT2D eigenvalue weighted by atomic mass is 10.1. The molecule has 0 atom stereocenters. The van der Waals surface area contributed by atoms with E-state index in [0.29, 0.717) is 29.3 Å². The molecule has 0 radical (unpaired) electrons. The zero-order chi connectivity index (χ0) is 20.8. The molecule has 0 bridgehead atoms. The van der Waals surface area contributed by atoms with Gasteiger partial charge in [0.25, 0.3) is 0 Å². The van der Waals surface area contributed by atoms with Gasteiger partial charge in [-0.1, -0.05) is 30.3 Å². The molecule has 3 rings (SSSR count). The Labute approximate surface area is 168 Å². The van der Waals surface area contributed by atoms with Crippen molar-refractivity contribution < 1.29 is 23.8 Å². The number of methoxy groups -OCH3 is 2. The molecule has 0 fully saturated rings. The van der Waals surface area contributed by atoms with Crippen LogP contribution in [0.25, 0.3) is 11.3 Å². The van der Waals surface area contributed by atoms with Crippen molar-refractivity contribution in [2.45, 2.75) is 13.5 Å². The van der Waals surface area contributed by atoms with Crippen LogP contribution in [0.5, 0.6) is 11.5 Å². The third-order valence-corrected chi connectivity index (χ3v) is 4.23. The summed E-state index contributed by atoms with van der Waals surface area (Å²) in [5, 5.41) is 4.59. The van der Waals surface area contributed by atoms with E-state index in [2.05, 4.69) is 5.10 Å². The maximum atomic E-state index is 12.6. The first-order valence-electron chi connectivity index (χ1n) is 9.02. The largest absolute Gasteiger partial charge is 0.493 e. The lowest BCUT2D eigenvalue weighted by Crippen LogP contribution is -2.11. The number of benzene rings is 2. The smallest absolute Gasteiger partial charge is 0.342 e. The van der Waals surface area contributed by atoms with E-state index in [1.54, 1.807) is 36.2 Å². The fourth-order valence-corrected chi connectivity index (χ4v) is 2.86. The minimum Gasteiger partial charge on any atom is -0.493 e. The minimum absolute atomic E-state index is 0.234. The summed E-state index contributed by atoms with van der Waals surface area (Å²) in [6, 6.07) is 15.1. The highest BCUT2D eigenvalue weighted by Gasteiger charge is 2.21. The fourth-order valence-electron chi connectivity index (χ4n) is 2.86. The van der Waals surface area contributed by atoms with Crippen LogP contribution in [0.1, 0.15) is 22.8 Å². The second-order valence-corrected chi connectivity index (χ2v) is 6.42. The second kappa shape index (κ2) is 9.05. The van der Waals surface area contributed by atoms with Crippen molar-refractivity contribution in [1.82, 2.24) is 9.78 Å². The molecular formula is C22H22N2O5. The van der Waals surface area contributed by atoms with Crippen molar-refractivity contribution in [2.75, 3.05) is 20.8 Å². The van der Waals surface area contributed by atoms with Gasteiger partial charge in [0.2, 0.25) is 0 Å². The average molecular weight is 394 g/mol. The van der Waals surface area contributed by atoms with E-state index in [4.69, 9.17) is 14.2 Å². The number of hydrogen-bond donors (Lipinski definition) is 0. The maximum absolute atomic E-state index is 12.6. The van der Waals surface area contributed by atoms with E-state index in [1.165, 1.54) is 14.0 Å². The molecule has 0 N–H and O–H groups in total. The van der Waals surface area contributed by atoms with Crippen LogP contribution in [0.4, 0.5) is 0 Å². The molecule has 0 aliphatic carbocycles. The van der Waals surface area contributed by atoms with Gasteiger partial charge in [-0.25, -0.2) is 4.79 Å². The van der Waals surface area contributed by atoms with Crippen LogP contribution in [0, 0.1) is 0 Å². The first-order chi connectivity index (χ1) is 14.0. The van der Waals surface area contributed by atoms with Gasteiger partial charge in [-0.2, -0.15) is 5.10 Å². The second-order valence-electron chi connectivity index (χ2n) is 6.42. The average Bonchev–Trinajstić information content (AvgIpc) is 3.16. The number of aromatic nitrogens is 2. The Balaban J connectivity index is 2.01. The molecule has 2 aromatic carbocycles. The van der Waals surface area contributed by atoms with Crippen molar-refractivity contribution in [1.29, 1.82) is 0 Å². The van der Waals surface area contributed by atoms with Crippen molar-refractivity contribution in [3.63, 3.8) is 0 Å². The Morgan fingerprint density at radius 3 is 2.38 bits per heavy atom. The van der Waals surface area contributed by atoms with E-state index in [-0.39, 0.29) is 18.0 Å². The highest BCUT2D eigenvalue weighted by atomic mass is 16.5. The Kier molecular flexibility index (Phi) is 6.29. The zero-order valence-electron chi connectivity index (χ0n) is 16.5. The number of nitrogens with zero attached hydrogens (tertiary/aromatic N) is 2. The summed E-state index contributed by atoms with van der Waals surface area (Å²) in [4.78, 5) is 23.8. The van der Waals surface area contributed by atoms with Crippen molar-refractivity contribution in [2.24, 2.45) is 0 Å². The Morgan fingerprint density at radius 2 is 1.72 bits per heavy atom. The molecule has 1 aromatic heterocycles. The molecule has 29 heavy (non-hydrogen) atoms. The molecule has 1 heterocycles. The van der Waals surface area contributed by atoms with E-state index in [9.17, 15) is 9.59 Å². The standard InChI is InChI=1S/C22H22N2O5/c1-15(25)14-29-22(26)18-13-24(12-16-7-5-4-6-8-16)23-21(18)17-9-10-19(27-2)20(11-17)28-3/h4-11,13H,12,14H2,1-3H3. The molecule has 0 saturated carbocycles. The quantitative estimate of drug-likeness (QED) is 0.545. The first-order valence-corrected chi connectivity index (χ1v) is 9.02. The van der Waals surface area contributed by atoms with Gasteiger partial charge in [-0.3, -0.25) is 9.48 Å². The summed E-state index contributed by atoms with van der Waals surface area (Å²) in [5.41, 5.74) is 2.42. The molecule has 7 heteroatoms. The van der Waals surface area contributed by atoms with E-state index in [0.717, 1.165) is 5.56 Å². The summed E-state index contributed by atoms with van der Waals surface area (Å²) >= 11 is 0. The van der Waals surface area contributed by atoms with E-state index < -0.39 is 5.97 Å². The number of ether oxygens (including phenoxy) is 3. The molecule has 0 aliphatic rings. The van der Waals surface area contributed by atoms with Crippen LogP contribution in [-0.4, -0.2) is 42.4 Å². The number of Topliss-reactive ketones (excluding diaryl/α,β-unsaturated/α-hetero) is 1. The highest BCUT2D eigenvalue weighted by Crippen LogP contribution is 2.33. The van der Waals surface area contributed by atoms with Gasteiger partial charge in [-0.15, -0.1) is 0 Å². The van der Waals surface area contributed by atoms with Gasteiger partial charge in [-0.05, 0) is 30.7 Å². The summed E-state index contributed by atoms with van der Waals surface area (Å²) in [6.07, 6.45) is 1.63. The van der Waals surface area contributed by atoms with E-state index >= 15 is 0 Å². The Hall–Kier alpha value is -3.61. The summed E-state index contributed by atoms with van der Waals surface area (Å²) < 4.78 is 17.4. The fraction of sp³-hybridized carbons (Fsp3) is 0.227. The van der Waals surface area contributed by atoms with Gasteiger partial charge >= 0.3 is 5.97 Å². The molecule has 3 aromatic rings. The SMILES string of the molecule is COc1ccc(-c2nn(Cc3ccccc3)cc2C(=O)OCC(C)=O)cc1OC. The number of carbonyl (C=O) groups excluding carboxylic acids is 2. The summed E-state index contributed by atoms with van der Waals surface area (Å²) in [5.74, 6) is 0.248. The third-order valence-electron chi connectivity index (χ3n) is 4.23. The molecule has 0 unspecified atom stereocenters. The number of esters is 1. The van der Waals surface area contributed by atoms with Gasteiger partial charge < -0.3 is 14.2 Å². The highest BCUT2D eigenvalue weighted by molar-refractivity contribution is 5.97. The van der Waals surface area contributed by atoms with Crippen LogP contribution in [0.2, 0.25) is 0 Å². The van der Waals surface area contributed by atoms with Crippen molar-refractivity contribution in [3.8, 4) is 22.8 Å². The molecule has 0 saturated heterocycles. The Morgan fingerprint density at radius 1 is 1.00 bits per heavy atom. The van der Waals surface area contributed by atoms with Crippen LogP contribution in [-0.2, 0) is 16.1 Å². The molecule has 150 valence electrons. The predicted octanol–water partition coefficient (Wildman–Crippen LogP) is 3.36. The monoisotopic (exact) mass is 394 g/mol. The number of hydrogen-bond acceptors (Lipinski definition) is 6. The molecular weight excluding hydrogens is 372 g/mol. The zero-order valence-corrected chi connectivity index (χ0v) is 16.5. The number of rotatable bonds is 8. The van der Waals surface area contributed by atoms with Crippen LogP contribution in [0.3, 0.4) is 0 Å². The predicted molar refractivity (Wildman–Crippen MR) is 107 cm³/mol. The summed E-state index contributed by atoms with van der Waals surface area (Å²) in [7, 11) is 3.09. The molecule has 7 nitrogen and oxygen atoms in total. The van der Waals surface area contributed by atoms with Crippen LogP contribution in [0.15, 0.2) is 54.7 Å². The Bertz CT molecular complexity index is 1010. The first kappa shape index (κ1) is 20.1. The van der Waals surface area contributed by atoms with Gasteiger partial charge in [0.15, 0.2) is 17.3 Å². The molecule has 0 amide bonds. The summed E-state index contributed by atoms with van der Waals surface area (Å²) in [6.45, 7) is 1.57. The van der Waals surface area contributed by atoms with Gasteiger partial charge in [0.1, 0.15) is 17.9 Å². The van der Waals surface area contributed by atoms with Gasteiger partial charge in [0.05, 0.1) is 20.8 Å². The molecule has 0 spiro atoms. The lowest BCUT2D eigenvalue weighted by molar-refractivity contribution is -0.120. The molecule has 0 aliphatic heterocycles. The lowest BCUT2D eigenvalue weighted by Gasteiger charge is -2.09. The van der Waals surface area contributed by atoms with Crippen molar-refractivity contribution >= 4 is 11.8 Å². The minimum atomic E-state index is -0.607. The van der Waals surface area contributed by atoms with Crippen LogP contribution < -0.4 is 9.47 Å². The van der Waals surface area contributed by atoms with E-state index in [1.807, 2.05) is 30.3 Å². The third kappa shape index (κ3) is 4.82. The van der Waals surface area contributed by atoms with Crippen molar-refractivity contribution in [3.05, 3.63) is 65.9 Å². The normalized spacial score (nSPS) is 10.4. The van der Waals surface area contributed by atoms with Gasteiger partial charge in [0, 0.05) is 11.8 Å². The van der Waals surface area contributed by atoms with Crippen LogP contribution >= 0.6 is 0 Å².